The summed E-state index contributed by atoms with van der Waals surface area (Å²) in [4.78, 5) is 12.9. The van der Waals surface area contributed by atoms with Crippen molar-refractivity contribution >= 4 is 6.09 Å². The molecule has 0 aromatic heterocycles. The molecule has 0 aromatic rings. The van der Waals surface area contributed by atoms with Crippen LogP contribution in [0.4, 0.5) is 4.79 Å². The van der Waals surface area contributed by atoms with E-state index >= 15 is 0 Å². The molecule has 0 bridgehead atoms. The first-order chi connectivity index (χ1) is 6.27. The molecular weight excluding hydrogens is 170 g/mol. The van der Waals surface area contributed by atoms with E-state index in [0.29, 0.717) is 12.5 Å². The van der Waals surface area contributed by atoms with Gasteiger partial charge >= 0.3 is 6.09 Å². The first kappa shape index (κ1) is 10.3. The van der Waals surface area contributed by atoms with Gasteiger partial charge in [0.15, 0.2) is 0 Å². The lowest BCUT2D eigenvalue weighted by molar-refractivity contribution is 0.114. The molecule has 1 amide bonds. The lowest BCUT2D eigenvalue weighted by Gasteiger charge is -2.15. The van der Waals surface area contributed by atoms with E-state index in [9.17, 15) is 4.79 Å². The van der Waals surface area contributed by atoms with Crippen molar-refractivity contribution in [1.82, 2.24) is 4.90 Å². The molecule has 1 aliphatic heterocycles. The Kier molecular flexibility index (Phi) is 4.02. The molecule has 1 rings (SSSR count). The maximum atomic E-state index is 11.2. The second-order valence-electron chi connectivity index (χ2n) is 3.31. The van der Waals surface area contributed by atoms with E-state index in [-0.39, 0.29) is 12.7 Å². The average molecular weight is 187 g/mol. The van der Waals surface area contributed by atoms with Gasteiger partial charge < -0.3 is 14.7 Å². The molecule has 4 heteroatoms. The number of aliphatic hydroxyl groups excluding tert-OH is 1. The van der Waals surface area contributed by atoms with Crippen molar-refractivity contribution in [2.75, 3.05) is 26.3 Å². The molecule has 1 N–H and O–H groups in total. The molecule has 1 heterocycles. The van der Waals surface area contributed by atoms with Crippen LogP contribution in [0.3, 0.4) is 0 Å². The van der Waals surface area contributed by atoms with Crippen molar-refractivity contribution in [3.8, 4) is 0 Å². The molecule has 1 atom stereocenters. The van der Waals surface area contributed by atoms with E-state index in [1.807, 2.05) is 0 Å². The zero-order valence-corrected chi connectivity index (χ0v) is 8.03. The lowest BCUT2D eigenvalue weighted by Crippen LogP contribution is -2.29. The highest BCUT2D eigenvalue weighted by atomic mass is 16.6. The Morgan fingerprint density at radius 1 is 1.69 bits per heavy atom. The fourth-order valence-electron chi connectivity index (χ4n) is 1.63. The summed E-state index contributed by atoms with van der Waals surface area (Å²) in [6.45, 7) is 3.95. The number of likely N-dealkylation sites (tertiary alicyclic amines) is 1. The maximum absolute atomic E-state index is 11.2. The predicted molar refractivity (Wildman–Crippen MR) is 48.4 cm³/mol. The van der Waals surface area contributed by atoms with Crippen LogP contribution in [0.25, 0.3) is 0 Å². The fourth-order valence-corrected chi connectivity index (χ4v) is 1.63. The van der Waals surface area contributed by atoms with E-state index < -0.39 is 0 Å². The van der Waals surface area contributed by atoms with Gasteiger partial charge in [-0.2, -0.15) is 0 Å². The van der Waals surface area contributed by atoms with Gasteiger partial charge in [0.05, 0.1) is 6.61 Å². The first-order valence-corrected chi connectivity index (χ1v) is 4.80. The van der Waals surface area contributed by atoms with Crippen molar-refractivity contribution in [3.05, 3.63) is 0 Å². The monoisotopic (exact) mass is 187 g/mol. The number of amides is 1. The van der Waals surface area contributed by atoms with Crippen LogP contribution in [0.15, 0.2) is 0 Å². The number of hydrogen-bond acceptors (Lipinski definition) is 3. The third-order valence-corrected chi connectivity index (χ3v) is 2.35. The molecule has 0 aliphatic carbocycles. The van der Waals surface area contributed by atoms with Crippen molar-refractivity contribution < 1.29 is 14.6 Å². The topological polar surface area (TPSA) is 49.8 Å². The highest BCUT2D eigenvalue weighted by Crippen LogP contribution is 2.19. The molecule has 1 fully saturated rings. The molecule has 0 radical (unpaired) electrons. The van der Waals surface area contributed by atoms with E-state index in [4.69, 9.17) is 9.84 Å². The molecule has 0 saturated carbocycles. The zero-order valence-electron chi connectivity index (χ0n) is 8.03. The fraction of sp³-hybridized carbons (Fsp3) is 0.889. The number of carbonyl (C=O) groups excluding carboxylic acids is 1. The van der Waals surface area contributed by atoms with E-state index in [2.05, 4.69) is 0 Å². The van der Waals surface area contributed by atoms with Crippen LogP contribution >= 0.6 is 0 Å². The Hall–Kier alpha value is -0.770. The number of ether oxygens (including phenoxy) is 1. The van der Waals surface area contributed by atoms with Crippen LogP contribution in [-0.4, -0.2) is 42.4 Å². The first-order valence-electron chi connectivity index (χ1n) is 4.80. The molecule has 13 heavy (non-hydrogen) atoms. The third-order valence-electron chi connectivity index (χ3n) is 2.35. The van der Waals surface area contributed by atoms with Crippen LogP contribution in [0.5, 0.6) is 0 Å². The minimum absolute atomic E-state index is 0.210. The van der Waals surface area contributed by atoms with Crippen LogP contribution in [-0.2, 0) is 4.74 Å². The van der Waals surface area contributed by atoms with Gasteiger partial charge in [0.1, 0.15) is 0 Å². The summed E-state index contributed by atoms with van der Waals surface area (Å²) in [6.07, 6.45) is 1.55. The minimum atomic E-state index is -0.220. The van der Waals surface area contributed by atoms with Crippen LogP contribution in [0.2, 0.25) is 0 Å². The predicted octanol–water partition coefficient (Wildman–Crippen LogP) is 0.847. The summed E-state index contributed by atoms with van der Waals surface area (Å²) in [6, 6.07) is 0. The smallest absolute Gasteiger partial charge is 0.409 e. The Morgan fingerprint density at radius 3 is 3.08 bits per heavy atom. The Labute approximate surface area is 78.5 Å². The Balaban J connectivity index is 2.27. The lowest BCUT2D eigenvalue weighted by atomic mass is 10.1. The number of aliphatic hydroxyl groups is 1. The number of rotatable bonds is 3. The summed E-state index contributed by atoms with van der Waals surface area (Å²) in [5, 5.41) is 8.72. The summed E-state index contributed by atoms with van der Waals surface area (Å²) >= 11 is 0. The van der Waals surface area contributed by atoms with Crippen LogP contribution in [0.1, 0.15) is 19.8 Å². The van der Waals surface area contributed by atoms with Gasteiger partial charge in [0, 0.05) is 19.7 Å². The van der Waals surface area contributed by atoms with Gasteiger partial charge in [0.2, 0.25) is 0 Å². The number of hydrogen-bond donors (Lipinski definition) is 1. The van der Waals surface area contributed by atoms with E-state index in [0.717, 1.165) is 25.9 Å². The van der Waals surface area contributed by atoms with Crippen molar-refractivity contribution in [1.29, 1.82) is 0 Å². The standard InChI is InChI=1S/C9H17NO3/c1-2-13-9(12)10-5-3-8(7-10)4-6-11/h8,11H,2-7H2,1H3. The Morgan fingerprint density at radius 2 is 2.46 bits per heavy atom. The van der Waals surface area contributed by atoms with Crippen LogP contribution in [0, 0.1) is 5.92 Å². The van der Waals surface area contributed by atoms with Crippen molar-refractivity contribution in [2.45, 2.75) is 19.8 Å². The summed E-state index contributed by atoms with van der Waals surface area (Å²) < 4.78 is 4.88. The normalized spacial score (nSPS) is 22.0. The summed E-state index contributed by atoms with van der Waals surface area (Å²) in [7, 11) is 0. The molecular formula is C9H17NO3. The largest absolute Gasteiger partial charge is 0.450 e. The van der Waals surface area contributed by atoms with Gasteiger partial charge in [-0.1, -0.05) is 0 Å². The maximum Gasteiger partial charge on any atom is 0.409 e. The second-order valence-corrected chi connectivity index (χ2v) is 3.31. The van der Waals surface area contributed by atoms with Gasteiger partial charge in [-0.15, -0.1) is 0 Å². The van der Waals surface area contributed by atoms with Gasteiger partial charge in [-0.05, 0) is 25.7 Å². The highest BCUT2D eigenvalue weighted by molar-refractivity contribution is 5.67. The molecule has 76 valence electrons. The molecule has 0 spiro atoms. The molecule has 1 unspecified atom stereocenters. The van der Waals surface area contributed by atoms with Gasteiger partial charge in [-0.3, -0.25) is 0 Å². The van der Waals surface area contributed by atoms with Crippen molar-refractivity contribution in [3.63, 3.8) is 0 Å². The Bertz CT molecular complexity index is 172. The quantitative estimate of drug-likeness (QED) is 0.712. The number of nitrogens with zero attached hydrogens (tertiary/aromatic N) is 1. The number of carbonyl (C=O) groups is 1. The SMILES string of the molecule is CCOC(=O)N1CCC(CCO)C1. The minimum Gasteiger partial charge on any atom is -0.450 e. The molecule has 1 aliphatic rings. The third kappa shape index (κ3) is 2.88. The van der Waals surface area contributed by atoms with Gasteiger partial charge in [0.25, 0.3) is 0 Å². The zero-order chi connectivity index (χ0) is 9.68. The molecule has 4 nitrogen and oxygen atoms in total. The van der Waals surface area contributed by atoms with E-state index in [1.54, 1.807) is 11.8 Å². The summed E-state index contributed by atoms with van der Waals surface area (Å²) in [5.41, 5.74) is 0. The average Bonchev–Trinajstić information content (AvgIpc) is 2.54. The summed E-state index contributed by atoms with van der Waals surface area (Å²) in [5.74, 6) is 0.453. The van der Waals surface area contributed by atoms with Gasteiger partial charge in [-0.25, -0.2) is 4.79 Å². The molecule has 0 aromatic carbocycles. The van der Waals surface area contributed by atoms with Crippen LogP contribution < -0.4 is 0 Å². The molecule has 1 saturated heterocycles. The van der Waals surface area contributed by atoms with Crippen molar-refractivity contribution in [2.24, 2.45) is 5.92 Å². The second kappa shape index (κ2) is 5.07. The van der Waals surface area contributed by atoms with E-state index in [1.165, 1.54) is 0 Å². The highest BCUT2D eigenvalue weighted by Gasteiger charge is 2.26.